The molecule has 3 atom stereocenters. The zero-order valence-electron chi connectivity index (χ0n) is 11.5. The van der Waals surface area contributed by atoms with E-state index in [9.17, 15) is 9.59 Å². The first-order valence-corrected chi connectivity index (χ1v) is 8.01. The number of carbonyl (C=O) groups is 2. The largest absolute Gasteiger partial charge is 0.275 e. The maximum absolute atomic E-state index is 12.5. The van der Waals surface area contributed by atoms with Crippen LogP contribution in [0.4, 0.5) is 0 Å². The van der Waals surface area contributed by atoms with Crippen LogP contribution in [0.5, 0.6) is 0 Å². The Bertz CT molecular complexity index is 533. The number of benzene rings is 1. The highest BCUT2D eigenvalue weighted by atomic mass is 79.9. The van der Waals surface area contributed by atoms with Gasteiger partial charge in [0.2, 0.25) is 11.8 Å². The molecule has 1 aliphatic heterocycles. The summed E-state index contributed by atoms with van der Waals surface area (Å²) in [5.41, 5.74) is 1.000. The van der Waals surface area contributed by atoms with Gasteiger partial charge < -0.3 is 0 Å². The van der Waals surface area contributed by atoms with Crippen molar-refractivity contribution in [2.45, 2.75) is 38.6 Å². The summed E-state index contributed by atoms with van der Waals surface area (Å²) in [5.74, 6) is -0.0592. The van der Waals surface area contributed by atoms with Crippen molar-refractivity contribution >= 4 is 27.7 Å². The Morgan fingerprint density at radius 2 is 1.75 bits per heavy atom. The molecule has 3 nitrogen and oxygen atoms in total. The van der Waals surface area contributed by atoms with Crippen LogP contribution in [-0.4, -0.2) is 16.7 Å². The van der Waals surface area contributed by atoms with Crippen molar-refractivity contribution < 1.29 is 9.59 Å². The summed E-state index contributed by atoms with van der Waals surface area (Å²) in [6.45, 7) is 1.94. The monoisotopic (exact) mass is 335 g/mol. The van der Waals surface area contributed by atoms with Gasteiger partial charge in [-0.05, 0) is 37.5 Å². The minimum atomic E-state index is -0.182. The van der Waals surface area contributed by atoms with E-state index in [1.807, 2.05) is 31.2 Å². The number of amides is 2. The molecule has 20 heavy (non-hydrogen) atoms. The number of carbonyl (C=O) groups excluding carboxylic acids is 2. The second-order valence-electron chi connectivity index (χ2n) is 5.77. The van der Waals surface area contributed by atoms with Gasteiger partial charge in [-0.1, -0.05) is 40.9 Å². The molecular formula is C16H18BrNO2. The molecule has 2 aliphatic rings. The average molecular weight is 336 g/mol. The molecule has 1 saturated carbocycles. The van der Waals surface area contributed by atoms with E-state index in [-0.39, 0.29) is 29.7 Å². The molecule has 0 aromatic heterocycles. The van der Waals surface area contributed by atoms with Gasteiger partial charge in [0.15, 0.2) is 0 Å². The fraction of sp³-hybridized carbons (Fsp3) is 0.500. The molecule has 3 unspecified atom stereocenters. The van der Waals surface area contributed by atoms with E-state index < -0.39 is 0 Å². The summed E-state index contributed by atoms with van der Waals surface area (Å²) in [6.07, 6.45) is 3.88. The highest BCUT2D eigenvalue weighted by molar-refractivity contribution is 9.10. The lowest BCUT2D eigenvalue weighted by atomic mass is 9.81. The lowest BCUT2D eigenvalue weighted by molar-refractivity contribution is -0.142. The minimum Gasteiger partial charge on any atom is -0.275 e. The molecular weight excluding hydrogens is 318 g/mol. The van der Waals surface area contributed by atoms with Crippen LogP contribution in [0.3, 0.4) is 0 Å². The number of hydrogen-bond acceptors (Lipinski definition) is 2. The van der Waals surface area contributed by atoms with E-state index >= 15 is 0 Å². The van der Waals surface area contributed by atoms with E-state index in [0.29, 0.717) is 0 Å². The van der Waals surface area contributed by atoms with Crippen LogP contribution in [0.2, 0.25) is 0 Å². The lowest BCUT2D eigenvalue weighted by Crippen LogP contribution is -2.33. The fourth-order valence-electron chi connectivity index (χ4n) is 3.49. The number of nitrogens with zero attached hydrogens (tertiary/aromatic N) is 1. The Labute approximate surface area is 127 Å². The van der Waals surface area contributed by atoms with E-state index in [2.05, 4.69) is 15.9 Å². The number of likely N-dealkylation sites (tertiary alicyclic amines) is 1. The molecule has 1 aromatic carbocycles. The Morgan fingerprint density at radius 1 is 1.15 bits per heavy atom. The molecule has 0 bridgehead atoms. The quantitative estimate of drug-likeness (QED) is 0.773. The van der Waals surface area contributed by atoms with Crippen molar-refractivity contribution in [3.05, 3.63) is 34.3 Å². The van der Waals surface area contributed by atoms with Crippen LogP contribution < -0.4 is 0 Å². The first-order valence-electron chi connectivity index (χ1n) is 7.22. The van der Waals surface area contributed by atoms with Crippen molar-refractivity contribution in [3.63, 3.8) is 0 Å². The van der Waals surface area contributed by atoms with Gasteiger partial charge in [-0.15, -0.1) is 0 Å². The van der Waals surface area contributed by atoms with Crippen LogP contribution in [0.25, 0.3) is 0 Å². The molecule has 0 N–H and O–H groups in total. The van der Waals surface area contributed by atoms with Gasteiger partial charge in [-0.3, -0.25) is 14.5 Å². The first-order chi connectivity index (χ1) is 9.59. The maximum Gasteiger partial charge on any atom is 0.233 e. The molecule has 0 spiro atoms. The predicted molar refractivity (Wildman–Crippen MR) is 79.9 cm³/mol. The van der Waals surface area contributed by atoms with Gasteiger partial charge in [0.1, 0.15) is 0 Å². The van der Waals surface area contributed by atoms with Crippen molar-refractivity contribution in [1.29, 1.82) is 0 Å². The average Bonchev–Trinajstić information content (AvgIpc) is 2.71. The molecule has 0 radical (unpaired) electrons. The van der Waals surface area contributed by atoms with Gasteiger partial charge in [-0.25, -0.2) is 0 Å². The van der Waals surface area contributed by atoms with E-state index in [1.165, 1.54) is 4.90 Å². The molecule has 2 amide bonds. The van der Waals surface area contributed by atoms with E-state index in [0.717, 1.165) is 35.7 Å². The predicted octanol–water partition coefficient (Wildman–Crippen LogP) is 3.69. The van der Waals surface area contributed by atoms with Gasteiger partial charge in [0.25, 0.3) is 0 Å². The zero-order valence-corrected chi connectivity index (χ0v) is 13.1. The third-order valence-corrected chi connectivity index (χ3v) is 5.09. The van der Waals surface area contributed by atoms with Crippen LogP contribution in [0, 0.1) is 11.8 Å². The van der Waals surface area contributed by atoms with Crippen molar-refractivity contribution in [3.8, 4) is 0 Å². The van der Waals surface area contributed by atoms with Gasteiger partial charge in [0, 0.05) is 4.47 Å². The molecule has 4 heteroatoms. The molecule has 1 saturated heterocycles. The van der Waals surface area contributed by atoms with Crippen LogP contribution >= 0.6 is 15.9 Å². The summed E-state index contributed by atoms with van der Waals surface area (Å²) in [6, 6.07) is 7.65. The molecule has 3 rings (SSSR count). The van der Waals surface area contributed by atoms with Crippen molar-refractivity contribution in [2.24, 2.45) is 11.8 Å². The van der Waals surface area contributed by atoms with E-state index in [4.69, 9.17) is 0 Å². The summed E-state index contributed by atoms with van der Waals surface area (Å²) < 4.78 is 0.971. The van der Waals surface area contributed by atoms with Crippen LogP contribution in [-0.2, 0) is 9.59 Å². The van der Waals surface area contributed by atoms with Crippen molar-refractivity contribution in [2.75, 3.05) is 0 Å². The summed E-state index contributed by atoms with van der Waals surface area (Å²) >= 11 is 3.44. The summed E-state index contributed by atoms with van der Waals surface area (Å²) in [5, 5.41) is 0. The molecule has 1 aliphatic carbocycles. The normalized spacial score (nSPS) is 27.6. The topological polar surface area (TPSA) is 37.4 Å². The minimum absolute atomic E-state index is 0.0344. The number of halogens is 1. The van der Waals surface area contributed by atoms with Gasteiger partial charge in [-0.2, -0.15) is 0 Å². The van der Waals surface area contributed by atoms with Gasteiger partial charge >= 0.3 is 0 Å². The zero-order chi connectivity index (χ0) is 14.3. The van der Waals surface area contributed by atoms with Crippen molar-refractivity contribution in [1.82, 2.24) is 4.90 Å². The molecule has 1 heterocycles. The third-order valence-electron chi connectivity index (χ3n) is 4.59. The Balaban J connectivity index is 1.89. The van der Waals surface area contributed by atoms with Crippen LogP contribution in [0.15, 0.2) is 28.7 Å². The highest BCUT2D eigenvalue weighted by Crippen LogP contribution is 2.41. The number of imide groups is 1. The maximum atomic E-state index is 12.5. The standard InChI is InChI=1S/C16H18BrNO2/c1-10(11-5-4-6-12(17)9-11)18-15(19)13-7-2-3-8-14(13)16(18)20/h4-6,9-10,13-14H,2-3,7-8H2,1H3. The first kappa shape index (κ1) is 13.8. The SMILES string of the molecule is CC(c1cccc(Br)c1)N1C(=O)C2CCCCC2C1=O. The third kappa shape index (κ3) is 2.20. The Hall–Kier alpha value is -1.16. The number of fused-ring (bicyclic) bond motifs is 1. The number of rotatable bonds is 2. The molecule has 2 fully saturated rings. The fourth-order valence-corrected chi connectivity index (χ4v) is 3.90. The summed E-state index contributed by atoms with van der Waals surface area (Å²) in [7, 11) is 0. The lowest BCUT2D eigenvalue weighted by Gasteiger charge is -2.23. The second kappa shape index (κ2) is 5.32. The second-order valence-corrected chi connectivity index (χ2v) is 6.69. The van der Waals surface area contributed by atoms with E-state index in [1.54, 1.807) is 0 Å². The smallest absolute Gasteiger partial charge is 0.233 e. The van der Waals surface area contributed by atoms with Gasteiger partial charge in [0.05, 0.1) is 17.9 Å². The summed E-state index contributed by atoms with van der Waals surface area (Å²) in [4.78, 5) is 26.6. The molecule has 1 aromatic rings. The number of hydrogen-bond donors (Lipinski definition) is 0. The Kier molecular flexibility index (Phi) is 3.67. The highest BCUT2D eigenvalue weighted by Gasteiger charge is 2.49. The molecule has 106 valence electrons. The Morgan fingerprint density at radius 3 is 2.30 bits per heavy atom. The van der Waals surface area contributed by atoms with Crippen LogP contribution in [0.1, 0.15) is 44.2 Å².